The van der Waals surface area contributed by atoms with E-state index >= 15 is 0 Å². The minimum atomic E-state index is -6.00. The van der Waals surface area contributed by atoms with Crippen LogP contribution in [0.2, 0.25) is 0 Å². The predicted octanol–water partition coefficient (Wildman–Crippen LogP) is 5.82. The fourth-order valence-corrected chi connectivity index (χ4v) is 1.71. The third-order valence-electron chi connectivity index (χ3n) is 2.67. The van der Waals surface area contributed by atoms with Crippen LogP contribution in [0.15, 0.2) is 48.6 Å². The maximum Gasteiger partial charge on any atom is 0.673 e. The van der Waals surface area contributed by atoms with Gasteiger partial charge in [0.1, 0.15) is 0 Å². The van der Waals surface area contributed by atoms with Gasteiger partial charge in [0, 0.05) is 0 Å². The van der Waals surface area contributed by atoms with E-state index in [1.165, 1.54) is 51.4 Å². The van der Waals surface area contributed by atoms with Crippen LogP contribution < -0.4 is 0 Å². The highest BCUT2D eigenvalue weighted by Gasteiger charge is 2.20. The molecule has 0 aromatic rings. The lowest BCUT2D eigenvalue weighted by atomic mass is 10.1. The third kappa shape index (κ3) is 27.1. The predicted molar refractivity (Wildman–Crippen MR) is 87.3 cm³/mol. The van der Waals surface area contributed by atoms with Gasteiger partial charge < -0.3 is 22.7 Å². The maximum atomic E-state index is 9.75. The summed E-state index contributed by atoms with van der Waals surface area (Å²) in [5.74, 6) is 0. The zero-order valence-electron chi connectivity index (χ0n) is 12.9. The second-order valence-corrected chi connectivity index (χ2v) is 4.69. The minimum Gasteiger partial charge on any atom is -0.418 e. The van der Waals surface area contributed by atoms with E-state index in [-0.39, 0.29) is 5.48 Å². The van der Waals surface area contributed by atoms with Gasteiger partial charge in [-0.05, 0) is 51.4 Å². The Balaban J connectivity index is 0. The molecule has 0 aromatic heterocycles. The van der Waals surface area contributed by atoms with Crippen LogP contribution in [-0.4, -0.2) is 12.7 Å². The molecule has 0 fully saturated rings. The molecule has 0 heterocycles. The van der Waals surface area contributed by atoms with Crippen LogP contribution in [-0.2, 0) is 0 Å². The summed E-state index contributed by atoms with van der Waals surface area (Å²) in [7, 11) is -6.00. The molecule has 0 aromatic carbocycles. The fraction of sp³-hybridized carbons (Fsp3) is 0.500. The van der Waals surface area contributed by atoms with E-state index in [1.54, 1.807) is 0 Å². The molecule has 0 bridgehead atoms. The first-order chi connectivity index (χ1) is 10.0. The van der Waals surface area contributed by atoms with Gasteiger partial charge in [-0.25, -0.2) is 0 Å². The van der Waals surface area contributed by atoms with Gasteiger partial charge in [-0.2, -0.15) is 0 Å². The Morgan fingerprint density at radius 3 is 0.591 bits per heavy atom. The van der Waals surface area contributed by atoms with E-state index in [2.05, 4.69) is 48.6 Å². The Morgan fingerprint density at radius 2 is 0.500 bits per heavy atom. The smallest absolute Gasteiger partial charge is 0.418 e. The van der Waals surface area contributed by atoms with Crippen molar-refractivity contribution in [3.63, 3.8) is 0 Å². The monoisotopic (exact) mass is 321 g/mol. The van der Waals surface area contributed by atoms with Gasteiger partial charge in [0.2, 0.25) is 0 Å². The molecule has 2 N–H and O–H groups in total. The average molecular weight is 321 g/mol. The van der Waals surface area contributed by atoms with Crippen molar-refractivity contribution in [3.8, 4) is 0 Å². The molecule has 0 saturated heterocycles. The van der Waals surface area contributed by atoms with E-state index in [4.69, 9.17) is 0 Å². The van der Waals surface area contributed by atoms with Gasteiger partial charge in [-0.1, -0.05) is 48.6 Å². The number of hydrogen-bond acceptors (Lipinski definition) is 0. The molecule has 22 heavy (non-hydrogen) atoms. The molecule has 2 rings (SSSR count). The van der Waals surface area contributed by atoms with Crippen molar-refractivity contribution in [3.05, 3.63) is 48.6 Å². The molecule has 0 atom stereocenters. The molecule has 6 heteroatoms. The normalized spacial score (nSPS) is 23.1. The highest BCUT2D eigenvalue weighted by molar-refractivity contribution is 6.50. The van der Waals surface area contributed by atoms with Gasteiger partial charge in [0.15, 0.2) is 0 Å². The molecule has 0 unspecified atom stereocenters. The van der Waals surface area contributed by atoms with Crippen LogP contribution in [0.5, 0.6) is 0 Å². The highest BCUT2D eigenvalue weighted by atomic mass is 19.5. The van der Waals surface area contributed by atoms with Crippen LogP contribution in [0.25, 0.3) is 0 Å². The second-order valence-electron chi connectivity index (χ2n) is 4.69. The molecule has 0 aliphatic heterocycles. The van der Waals surface area contributed by atoms with Gasteiger partial charge in [0.25, 0.3) is 0 Å². The first kappa shape index (κ1) is 23.0. The van der Waals surface area contributed by atoms with Gasteiger partial charge in [0.05, 0.1) is 0 Å². The molecular weight excluding hydrogens is 295 g/mol. The van der Waals surface area contributed by atoms with Gasteiger partial charge in [-0.15, -0.1) is 0 Å². The topological polar surface area (TPSA) is 31.5 Å². The van der Waals surface area contributed by atoms with E-state index in [9.17, 15) is 17.3 Å². The number of rotatable bonds is 0. The summed E-state index contributed by atoms with van der Waals surface area (Å²) in [5, 5.41) is 0. The lowest BCUT2D eigenvalue weighted by Crippen LogP contribution is -2.02. The van der Waals surface area contributed by atoms with Crippen molar-refractivity contribution in [1.82, 2.24) is 0 Å². The highest BCUT2D eigenvalue weighted by Crippen LogP contribution is 2.06. The maximum absolute atomic E-state index is 9.75. The average Bonchev–Trinajstić information content (AvgIpc) is 2.24. The molecule has 2 aliphatic carbocycles. The Morgan fingerprint density at radius 1 is 0.409 bits per heavy atom. The Kier molecular flexibility index (Phi) is 16.8. The van der Waals surface area contributed by atoms with E-state index < -0.39 is 7.25 Å². The molecule has 1 nitrogen and oxygen atoms in total. The summed E-state index contributed by atoms with van der Waals surface area (Å²) in [4.78, 5) is 0. The quantitative estimate of drug-likeness (QED) is 0.306. The van der Waals surface area contributed by atoms with Crippen molar-refractivity contribution in [1.29, 1.82) is 0 Å². The first-order valence-corrected chi connectivity index (χ1v) is 7.47. The van der Waals surface area contributed by atoms with Crippen LogP contribution in [0.4, 0.5) is 17.3 Å². The largest absolute Gasteiger partial charge is 0.673 e. The van der Waals surface area contributed by atoms with Crippen LogP contribution in [0.1, 0.15) is 51.4 Å². The second kappa shape index (κ2) is 16.1. The minimum absolute atomic E-state index is 0. The van der Waals surface area contributed by atoms with Crippen LogP contribution in [0, 0.1) is 0 Å². The summed E-state index contributed by atoms with van der Waals surface area (Å²) in [5.41, 5.74) is 0. The van der Waals surface area contributed by atoms with Crippen molar-refractivity contribution in [2.75, 3.05) is 0 Å². The zero-order chi connectivity index (χ0) is 15.8. The first-order valence-electron chi connectivity index (χ1n) is 7.47. The van der Waals surface area contributed by atoms with E-state index in [1.807, 2.05) is 0 Å². The van der Waals surface area contributed by atoms with Gasteiger partial charge in [-0.3, -0.25) is 0 Å². The standard InChI is InChI=1S/2C8H12.BF4.H2O/c2*1-2-4-6-8-7-5-3-1;2-1(3,4)5;/h2*1-2,7-8H,3-6H2;;1H2/q;;-1;/b2*2-1-,8-7-;;. The summed E-state index contributed by atoms with van der Waals surface area (Å²) < 4.78 is 39.0. The number of hydrogen-bond donors (Lipinski definition) is 0. The van der Waals surface area contributed by atoms with Crippen molar-refractivity contribution in [2.45, 2.75) is 51.4 Å². The Labute approximate surface area is 130 Å². The molecule has 0 radical (unpaired) electrons. The van der Waals surface area contributed by atoms with Crippen molar-refractivity contribution >= 4 is 7.25 Å². The SMILES string of the molecule is C1=C\CC/C=C\CC/1.C1=C\CC/C=C\CC/1.F[B-](F)(F)F.O. The Bertz CT molecular complexity index is 261. The molecule has 2 aliphatic rings. The van der Waals surface area contributed by atoms with E-state index in [0.29, 0.717) is 0 Å². The number of allylic oxidation sites excluding steroid dienone is 8. The summed E-state index contributed by atoms with van der Waals surface area (Å²) in [6.07, 6.45) is 28.0. The fourth-order valence-electron chi connectivity index (χ4n) is 1.71. The summed E-state index contributed by atoms with van der Waals surface area (Å²) >= 11 is 0. The van der Waals surface area contributed by atoms with Crippen molar-refractivity contribution in [2.24, 2.45) is 0 Å². The molecule has 0 amide bonds. The lowest BCUT2D eigenvalue weighted by Gasteiger charge is -1.94. The molecular formula is C16H26BF4O-. The zero-order valence-corrected chi connectivity index (χ0v) is 12.9. The van der Waals surface area contributed by atoms with Crippen LogP contribution in [0.3, 0.4) is 0 Å². The van der Waals surface area contributed by atoms with Crippen LogP contribution >= 0.6 is 0 Å². The van der Waals surface area contributed by atoms with E-state index in [0.717, 1.165) is 0 Å². The lowest BCUT2D eigenvalue weighted by molar-refractivity contribution is 0.368. The molecule has 128 valence electrons. The van der Waals surface area contributed by atoms with Gasteiger partial charge >= 0.3 is 7.25 Å². The number of halogens is 4. The summed E-state index contributed by atoms with van der Waals surface area (Å²) in [6.45, 7) is 0. The molecule has 0 saturated carbocycles. The summed E-state index contributed by atoms with van der Waals surface area (Å²) in [6, 6.07) is 0. The van der Waals surface area contributed by atoms with Crippen molar-refractivity contribution < 1.29 is 22.7 Å². The molecule has 0 spiro atoms. The Hall–Kier alpha value is -1.30. The third-order valence-corrected chi connectivity index (χ3v) is 2.67.